The fourth-order valence-corrected chi connectivity index (χ4v) is 4.36. The number of nitrogens with zero attached hydrogens (tertiary/aromatic N) is 1. The molecule has 8 heteroatoms. The molecule has 0 saturated carbocycles. The van der Waals surface area contributed by atoms with Crippen molar-refractivity contribution in [2.24, 2.45) is 0 Å². The monoisotopic (exact) mass is 368 g/mol. The predicted molar refractivity (Wildman–Crippen MR) is 95.4 cm³/mol. The Hall–Kier alpha value is -2.09. The summed E-state index contributed by atoms with van der Waals surface area (Å²) in [6, 6.07) is 6.53. The van der Waals surface area contributed by atoms with Crippen LogP contribution in [0, 0.1) is 0 Å². The molecule has 1 saturated heterocycles. The Balaban J connectivity index is 2.00. The van der Waals surface area contributed by atoms with E-state index in [0.717, 1.165) is 0 Å². The van der Waals surface area contributed by atoms with Crippen LogP contribution in [0.25, 0.3) is 0 Å². The van der Waals surface area contributed by atoms with Crippen LogP contribution < -0.4 is 15.0 Å². The van der Waals surface area contributed by atoms with Crippen LogP contribution in [0.1, 0.15) is 27.2 Å². The van der Waals surface area contributed by atoms with Gasteiger partial charge in [0.2, 0.25) is 11.8 Å². The standard InChI is InChI=1S/C17H24N2O5S/c1-12(2)24-16-6-4-15(5-7-16)19(13(3)20)10-17(21)18-14-8-9-25(22,23)11-14/h4-7,12,14H,8-11H2,1-3H3,(H,18,21). The second-order valence-electron chi connectivity index (χ2n) is 6.43. The summed E-state index contributed by atoms with van der Waals surface area (Å²) in [7, 11) is -3.06. The zero-order chi connectivity index (χ0) is 18.6. The topological polar surface area (TPSA) is 92.8 Å². The summed E-state index contributed by atoms with van der Waals surface area (Å²) in [5.74, 6) is 0.0838. The molecule has 2 amide bonds. The lowest BCUT2D eigenvalue weighted by Gasteiger charge is -2.22. The summed E-state index contributed by atoms with van der Waals surface area (Å²) >= 11 is 0. The van der Waals surface area contributed by atoms with Gasteiger partial charge < -0.3 is 15.0 Å². The fourth-order valence-electron chi connectivity index (χ4n) is 2.69. The number of anilines is 1. The van der Waals surface area contributed by atoms with Crippen molar-refractivity contribution in [2.45, 2.75) is 39.3 Å². The molecule has 1 fully saturated rings. The molecule has 1 aromatic carbocycles. The molecule has 1 aromatic rings. The molecule has 0 bridgehead atoms. The Morgan fingerprint density at radius 3 is 2.40 bits per heavy atom. The van der Waals surface area contributed by atoms with Gasteiger partial charge in [-0.15, -0.1) is 0 Å². The number of carbonyl (C=O) groups is 2. The van der Waals surface area contributed by atoms with Gasteiger partial charge in [-0.05, 0) is 44.5 Å². The third-order valence-electron chi connectivity index (χ3n) is 3.80. The highest BCUT2D eigenvalue weighted by Crippen LogP contribution is 2.20. The molecule has 1 aliphatic heterocycles. The molecule has 1 unspecified atom stereocenters. The Morgan fingerprint density at radius 2 is 1.92 bits per heavy atom. The summed E-state index contributed by atoms with van der Waals surface area (Å²) in [6.45, 7) is 5.06. The fraction of sp³-hybridized carbons (Fsp3) is 0.529. The number of carbonyl (C=O) groups excluding carboxylic acids is 2. The molecule has 2 rings (SSSR count). The molecule has 1 N–H and O–H groups in total. The van der Waals surface area contributed by atoms with E-state index in [1.165, 1.54) is 11.8 Å². The SMILES string of the molecule is CC(=O)N(CC(=O)NC1CCS(=O)(=O)C1)c1ccc(OC(C)C)cc1. The highest BCUT2D eigenvalue weighted by atomic mass is 32.2. The largest absolute Gasteiger partial charge is 0.491 e. The molecule has 1 aliphatic rings. The molecule has 7 nitrogen and oxygen atoms in total. The lowest BCUT2D eigenvalue weighted by Crippen LogP contribution is -2.44. The van der Waals surface area contributed by atoms with E-state index in [4.69, 9.17) is 4.74 Å². The number of benzene rings is 1. The van der Waals surface area contributed by atoms with E-state index in [0.29, 0.717) is 17.9 Å². The average molecular weight is 368 g/mol. The second-order valence-corrected chi connectivity index (χ2v) is 8.66. The number of ether oxygens (including phenoxy) is 1. The smallest absolute Gasteiger partial charge is 0.240 e. The number of hydrogen-bond donors (Lipinski definition) is 1. The Bertz CT molecular complexity index is 728. The van der Waals surface area contributed by atoms with E-state index in [2.05, 4.69) is 5.32 Å². The normalized spacial score (nSPS) is 18.8. The van der Waals surface area contributed by atoms with Gasteiger partial charge >= 0.3 is 0 Å². The van der Waals surface area contributed by atoms with Gasteiger partial charge in [-0.25, -0.2) is 8.42 Å². The first kappa shape index (κ1) is 19.2. The van der Waals surface area contributed by atoms with Crippen molar-refractivity contribution in [3.05, 3.63) is 24.3 Å². The van der Waals surface area contributed by atoms with Crippen molar-refractivity contribution in [3.8, 4) is 5.75 Å². The van der Waals surface area contributed by atoms with Gasteiger partial charge in [-0.3, -0.25) is 9.59 Å². The number of rotatable bonds is 6. The van der Waals surface area contributed by atoms with E-state index in [-0.39, 0.29) is 42.0 Å². The number of sulfone groups is 1. The number of amides is 2. The first-order valence-corrected chi connectivity index (χ1v) is 10.0. The molecule has 0 radical (unpaired) electrons. The van der Waals surface area contributed by atoms with Crippen molar-refractivity contribution < 1.29 is 22.7 Å². The van der Waals surface area contributed by atoms with Crippen LogP contribution in [0.3, 0.4) is 0 Å². The van der Waals surface area contributed by atoms with Crippen molar-refractivity contribution in [2.75, 3.05) is 23.0 Å². The Kier molecular flexibility index (Phi) is 6.05. The summed E-state index contributed by atoms with van der Waals surface area (Å²) in [5, 5.41) is 2.69. The quantitative estimate of drug-likeness (QED) is 0.812. The van der Waals surface area contributed by atoms with E-state index >= 15 is 0 Å². The van der Waals surface area contributed by atoms with Crippen molar-refractivity contribution >= 4 is 27.3 Å². The van der Waals surface area contributed by atoms with Crippen LogP contribution in [0.15, 0.2) is 24.3 Å². The molecular weight excluding hydrogens is 344 g/mol. The first-order valence-electron chi connectivity index (χ1n) is 8.21. The summed E-state index contributed by atoms with van der Waals surface area (Å²) in [6.07, 6.45) is 0.457. The first-order chi connectivity index (χ1) is 11.7. The molecule has 25 heavy (non-hydrogen) atoms. The molecule has 0 aliphatic carbocycles. The third kappa shape index (κ3) is 5.74. The van der Waals surface area contributed by atoms with Gasteiger partial charge in [0.15, 0.2) is 9.84 Å². The highest BCUT2D eigenvalue weighted by molar-refractivity contribution is 7.91. The van der Waals surface area contributed by atoms with Crippen LogP contribution in [0.5, 0.6) is 5.75 Å². The maximum absolute atomic E-state index is 12.2. The van der Waals surface area contributed by atoms with Crippen molar-refractivity contribution in [3.63, 3.8) is 0 Å². The number of hydrogen-bond acceptors (Lipinski definition) is 5. The van der Waals surface area contributed by atoms with Crippen molar-refractivity contribution in [1.82, 2.24) is 5.32 Å². The van der Waals surface area contributed by atoms with Crippen LogP contribution in [-0.2, 0) is 19.4 Å². The van der Waals surface area contributed by atoms with Crippen LogP contribution in [0.4, 0.5) is 5.69 Å². The van der Waals surface area contributed by atoms with Gasteiger partial charge in [-0.2, -0.15) is 0 Å². The zero-order valence-corrected chi connectivity index (χ0v) is 15.5. The van der Waals surface area contributed by atoms with E-state index in [1.807, 2.05) is 13.8 Å². The van der Waals surface area contributed by atoms with E-state index < -0.39 is 9.84 Å². The zero-order valence-electron chi connectivity index (χ0n) is 14.7. The highest BCUT2D eigenvalue weighted by Gasteiger charge is 2.29. The van der Waals surface area contributed by atoms with Gasteiger partial charge in [-0.1, -0.05) is 0 Å². The summed E-state index contributed by atoms with van der Waals surface area (Å²) in [5.41, 5.74) is 0.581. The summed E-state index contributed by atoms with van der Waals surface area (Å²) in [4.78, 5) is 25.4. The molecule has 1 atom stereocenters. The third-order valence-corrected chi connectivity index (χ3v) is 5.57. The van der Waals surface area contributed by atoms with Crippen LogP contribution in [0.2, 0.25) is 0 Å². The van der Waals surface area contributed by atoms with Gasteiger partial charge in [0.1, 0.15) is 12.3 Å². The lowest BCUT2D eigenvalue weighted by atomic mass is 10.2. The average Bonchev–Trinajstić information content (AvgIpc) is 2.83. The lowest BCUT2D eigenvalue weighted by molar-refractivity contribution is -0.123. The maximum atomic E-state index is 12.2. The minimum Gasteiger partial charge on any atom is -0.491 e. The molecule has 1 heterocycles. The van der Waals surface area contributed by atoms with Gasteiger partial charge in [0.05, 0.1) is 17.6 Å². The molecule has 0 aromatic heterocycles. The summed E-state index contributed by atoms with van der Waals surface area (Å²) < 4.78 is 28.5. The minimum absolute atomic E-state index is 0.0416. The van der Waals surface area contributed by atoms with Crippen LogP contribution in [-0.4, -0.2) is 50.4 Å². The molecule has 138 valence electrons. The Labute approximate surface area is 148 Å². The second kappa shape index (κ2) is 7.86. The van der Waals surface area contributed by atoms with Gasteiger partial charge in [0, 0.05) is 18.7 Å². The van der Waals surface area contributed by atoms with Gasteiger partial charge in [0.25, 0.3) is 0 Å². The van der Waals surface area contributed by atoms with Crippen LogP contribution >= 0.6 is 0 Å². The Morgan fingerprint density at radius 1 is 1.28 bits per heavy atom. The predicted octanol–water partition coefficient (Wildman–Crippen LogP) is 1.13. The van der Waals surface area contributed by atoms with E-state index in [1.54, 1.807) is 24.3 Å². The van der Waals surface area contributed by atoms with E-state index in [9.17, 15) is 18.0 Å². The van der Waals surface area contributed by atoms with Crippen molar-refractivity contribution in [1.29, 1.82) is 0 Å². The molecule has 0 spiro atoms. The minimum atomic E-state index is -3.06. The number of nitrogens with one attached hydrogen (secondary N) is 1. The maximum Gasteiger partial charge on any atom is 0.240 e. The molecular formula is C17H24N2O5S.